The Morgan fingerprint density at radius 1 is 1.07 bits per heavy atom. The maximum absolute atomic E-state index is 13.1. The molecule has 0 amide bonds. The Bertz CT molecular complexity index is 1040. The molecule has 1 aliphatic heterocycles. The number of aryl methyl sites for hydroxylation is 1. The number of carbonyl (C=O) groups excluding carboxylic acids is 1. The fraction of sp³-hybridized carbons (Fsp3) is 0.261. The molecule has 2 aromatic carbocycles. The Balaban J connectivity index is 1.84. The summed E-state index contributed by atoms with van der Waals surface area (Å²) < 4.78 is 28.4. The summed E-state index contributed by atoms with van der Waals surface area (Å²) >= 11 is 3.50. The summed E-state index contributed by atoms with van der Waals surface area (Å²) in [5.74, 6) is -0.194. The van der Waals surface area contributed by atoms with Crippen LogP contribution < -0.4 is 0 Å². The van der Waals surface area contributed by atoms with Crippen molar-refractivity contribution < 1.29 is 13.2 Å². The molecule has 0 radical (unpaired) electrons. The first-order chi connectivity index (χ1) is 13.8. The molecule has 0 aliphatic carbocycles. The monoisotopic (exact) mass is 473 g/mol. The summed E-state index contributed by atoms with van der Waals surface area (Å²) in [5.41, 5.74) is 2.87. The quantitative estimate of drug-likeness (QED) is 0.433. The highest BCUT2D eigenvalue weighted by Gasteiger charge is 2.38. The van der Waals surface area contributed by atoms with Gasteiger partial charge in [-0.05, 0) is 66.6 Å². The molecule has 1 atom stereocenters. The van der Waals surface area contributed by atoms with Gasteiger partial charge in [0.1, 0.15) is 0 Å². The SMILES string of the molecule is C/C(Br)=C(/C=C/C(=O)[C@@H]1CCCN1S(=O)(=O)c1ccc(C)cc1)c1ccccc1. The van der Waals surface area contributed by atoms with Crippen LogP contribution >= 0.6 is 15.9 Å². The molecule has 1 saturated heterocycles. The molecule has 29 heavy (non-hydrogen) atoms. The standard InChI is InChI=1S/C23H24BrNO3S/c1-17-10-12-20(13-11-17)29(27,28)25-16-6-9-22(25)23(26)15-14-21(18(2)24)19-7-4-3-5-8-19/h3-5,7-8,10-15,22H,6,9,16H2,1-2H3/b15-14+,21-18+/t22-/m0/s1. The highest BCUT2D eigenvalue weighted by atomic mass is 79.9. The molecule has 0 bridgehead atoms. The molecular weight excluding hydrogens is 450 g/mol. The van der Waals surface area contributed by atoms with Crippen molar-refractivity contribution in [3.8, 4) is 0 Å². The fourth-order valence-corrected chi connectivity index (χ4v) is 5.49. The minimum absolute atomic E-state index is 0.194. The van der Waals surface area contributed by atoms with Gasteiger partial charge in [-0.25, -0.2) is 8.42 Å². The van der Waals surface area contributed by atoms with Gasteiger partial charge in [0.15, 0.2) is 5.78 Å². The van der Waals surface area contributed by atoms with Crippen LogP contribution in [0.2, 0.25) is 0 Å². The molecule has 0 spiro atoms. The van der Waals surface area contributed by atoms with Crippen LogP contribution in [-0.2, 0) is 14.8 Å². The predicted molar refractivity (Wildman–Crippen MR) is 120 cm³/mol. The zero-order valence-electron chi connectivity index (χ0n) is 16.5. The minimum Gasteiger partial charge on any atom is -0.293 e. The lowest BCUT2D eigenvalue weighted by molar-refractivity contribution is -0.117. The van der Waals surface area contributed by atoms with Crippen molar-refractivity contribution in [3.63, 3.8) is 0 Å². The summed E-state index contributed by atoms with van der Waals surface area (Å²) in [6.45, 7) is 4.19. The van der Waals surface area contributed by atoms with Crippen LogP contribution in [0.5, 0.6) is 0 Å². The number of nitrogens with zero attached hydrogens (tertiary/aromatic N) is 1. The average Bonchev–Trinajstić information content (AvgIpc) is 3.20. The molecule has 1 fully saturated rings. The van der Waals surface area contributed by atoms with E-state index < -0.39 is 16.1 Å². The van der Waals surface area contributed by atoms with Crippen molar-refractivity contribution in [2.24, 2.45) is 0 Å². The zero-order chi connectivity index (χ0) is 21.0. The van der Waals surface area contributed by atoms with E-state index in [1.807, 2.05) is 44.2 Å². The largest absolute Gasteiger partial charge is 0.293 e. The third-order valence-corrected chi connectivity index (χ3v) is 7.38. The molecule has 0 aromatic heterocycles. The van der Waals surface area contributed by atoms with E-state index in [0.717, 1.165) is 21.2 Å². The third-order valence-electron chi connectivity index (χ3n) is 5.03. The molecule has 0 N–H and O–H groups in total. The summed E-state index contributed by atoms with van der Waals surface area (Å²) in [6, 6.07) is 15.8. The van der Waals surface area contributed by atoms with Gasteiger partial charge in [-0.2, -0.15) is 4.31 Å². The van der Waals surface area contributed by atoms with Gasteiger partial charge in [-0.15, -0.1) is 0 Å². The Hall–Kier alpha value is -2.02. The number of hydrogen-bond donors (Lipinski definition) is 0. The Morgan fingerprint density at radius 2 is 1.72 bits per heavy atom. The number of sulfonamides is 1. The molecule has 6 heteroatoms. The summed E-state index contributed by atoms with van der Waals surface area (Å²) in [4.78, 5) is 13.1. The van der Waals surface area contributed by atoms with E-state index in [1.165, 1.54) is 10.4 Å². The van der Waals surface area contributed by atoms with Gasteiger partial charge in [0.05, 0.1) is 10.9 Å². The first kappa shape index (κ1) is 21.7. The van der Waals surface area contributed by atoms with Crippen LogP contribution in [0.15, 0.2) is 76.1 Å². The van der Waals surface area contributed by atoms with E-state index in [0.29, 0.717) is 19.4 Å². The average molecular weight is 474 g/mol. The number of benzene rings is 2. The second-order valence-corrected chi connectivity index (χ2v) is 10.2. The smallest absolute Gasteiger partial charge is 0.243 e. The maximum Gasteiger partial charge on any atom is 0.243 e. The summed E-state index contributed by atoms with van der Waals surface area (Å²) in [6.07, 6.45) is 4.47. The van der Waals surface area contributed by atoms with E-state index in [2.05, 4.69) is 15.9 Å². The molecule has 1 heterocycles. The summed E-state index contributed by atoms with van der Waals surface area (Å²) in [7, 11) is -3.70. The van der Waals surface area contributed by atoms with E-state index in [4.69, 9.17) is 0 Å². The third kappa shape index (κ3) is 4.94. The van der Waals surface area contributed by atoms with Crippen molar-refractivity contribution in [2.75, 3.05) is 6.54 Å². The van der Waals surface area contributed by atoms with E-state index in [9.17, 15) is 13.2 Å². The van der Waals surface area contributed by atoms with Gasteiger partial charge < -0.3 is 0 Å². The Labute approximate surface area is 181 Å². The zero-order valence-corrected chi connectivity index (χ0v) is 18.9. The lowest BCUT2D eigenvalue weighted by Crippen LogP contribution is -2.39. The maximum atomic E-state index is 13.1. The van der Waals surface area contributed by atoms with Crippen molar-refractivity contribution in [1.82, 2.24) is 4.31 Å². The van der Waals surface area contributed by atoms with Crippen molar-refractivity contribution in [1.29, 1.82) is 0 Å². The van der Waals surface area contributed by atoms with Gasteiger partial charge in [0.2, 0.25) is 10.0 Å². The van der Waals surface area contributed by atoms with Crippen LogP contribution in [-0.4, -0.2) is 31.1 Å². The van der Waals surface area contributed by atoms with Gasteiger partial charge in [-0.3, -0.25) is 4.79 Å². The second-order valence-electron chi connectivity index (χ2n) is 7.14. The normalized spacial score (nSPS) is 18.8. The van der Waals surface area contributed by atoms with Crippen LogP contribution in [0.1, 0.15) is 30.9 Å². The molecule has 3 rings (SSSR count). The summed E-state index contributed by atoms with van der Waals surface area (Å²) in [5, 5.41) is 0. The molecule has 0 unspecified atom stereocenters. The van der Waals surface area contributed by atoms with E-state index in [1.54, 1.807) is 30.3 Å². The molecule has 2 aromatic rings. The number of ketones is 1. The first-order valence-electron chi connectivity index (χ1n) is 9.53. The van der Waals surface area contributed by atoms with Crippen LogP contribution in [0.3, 0.4) is 0 Å². The molecule has 4 nitrogen and oxygen atoms in total. The van der Waals surface area contributed by atoms with Crippen molar-refractivity contribution >= 4 is 37.3 Å². The van der Waals surface area contributed by atoms with Crippen molar-refractivity contribution in [3.05, 3.63) is 82.4 Å². The molecule has 1 aliphatic rings. The van der Waals surface area contributed by atoms with Crippen LogP contribution in [0.4, 0.5) is 0 Å². The highest BCUT2D eigenvalue weighted by Crippen LogP contribution is 2.28. The van der Waals surface area contributed by atoms with E-state index >= 15 is 0 Å². The van der Waals surface area contributed by atoms with E-state index in [-0.39, 0.29) is 10.7 Å². The lowest BCUT2D eigenvalue weighted by atomic mass is 10.0. The number of halogens is 1. The van der Waals surface area contributed by atoms with Crippen molar-refractivity contribution in [2.45, 2.75) is 37.6 Å². The first-order valence-corrected chi connectivity index (χ1v) is 11.8. The predicted octanol–water partition coefficient (Wildman–Crippen LogP) is 5.10. The van der Waals surface area contributed by atoms with Crippen LogP contribution in [0, 0.1) is 6.92 Å². The van der Waals surface area contributed by atoms with Gasteiger partial charge in [0, 0.05) is 6.54 Å². The van der Waals surface area contributed by atoms with Gasteiger partial charge in [0.25, 0.3) is 0 Å². The molecule has 152 valence electrons. The number of rotatable bonds is 6. The molecular formula is C23H24BrNO3S. The second kappa shape index (κ2) is 9.20. The van der Waals surface area contributed by atoms with Crippen LogP contribution in [0.25, 0.3) is 5.57 Å². The molecule has 0 saturated carbocycles. The van der Waals surface area contributed by atoms with Gasteiger partial charge >= 0.3 is 0 Å². The minimum atomic E-state index is -3.70. The topological polar surface area (TPSA) is 54.5 Å². The highest BCUT2D eigenvalue weighted by molar-refractivity contribution is 9.11. The van der Waals surface area contributed by atoms with Gasteiger partial charge in [-0.1, -0.05) is 64.0 Å². The lowest BCUT2D eigenvalue weighted by Gasteiger charge is -2.22. The Morgan fingerprint density at radius 3 is 2.34 bits per heavy atom. The number of hydrogen-bond acceptors (Lipinski definition) is 3. The number of carbonyl (C=O) groups is 1. The Kier molecular flexibility index (Phi) is 6.88. The fourth-order valence-electron chi connectivity index (χ4n) is 3.46. The number of allylic oxidation sites excluding steroid dienone is 3.